The Morgan fingerprint density at radius 1 is 1.06 bits per heavy atom. The number of nitro benzene ring substituents is 1. The molecule has 9 nitrogen and oxygen atoms in total. The minimum absolute atomic E-state index is 0.151. The first-order valence-electron chi connectivity index (χ1n) is 11.5. The van der Waals surface area contributed by atoms with E-state index in [-0.39, 0.29) is 29.2 Å². The second-order valence-corrected chi connectivity index (χ2v) is 9.80. The monoisotopic (exact) mass is 460 g/mol. The maximum atomic E-state index is 14.0. The normalized spacial score (nSPS) is 29.6. The third kappa shape index (κ3) is 2.30. The second-order valence-electron chi connectivity index (χ2n) is 9.80. The van der Waals surface area contributed by atoms with Gasteiger partial charge < -0.3 is 5.32 Å². The van der Waals surface area contributed by atoms with Gasteiger partial charge in [0.25, 0.3) is 5.69 Å². The molecule has 0 aromatic heterocycles. The SMILES string of the molecule is Cc1ccc(N2C(=O)[C@@H]3[C@@H]4CCCN4[C@@]4(C(=O)Nc5c4ccc(C)c5C)[C@H]3C2=O)cc1[N+](=O)[O-]. The lowest BCUT2D eigenvalue weighted by Crippen LogP contribution is -2.54. The van der Waals surface area contributed by atoms with Gasteiger partial charge in [0.05, 0.1) is 22.4 Å². The van der Waals surface area contributed by atoms with Crippen molar-refractivity contribution < 1.29 is 19.3 Å². The minimum Gasteiger partial charge on any atom is -0.324 e. The van der Waals surface area contributed by atoms with Crippen LogP contribution < -0.4 is 10.2 Å². The maximum absolute atomic E-state index is 14.0. The molecule has 1 spiro atoms. The highest BCUT2D eigenvalue weighted by Crippen LogP contribution is 2.61. The molecule has 0 saturated carbocycles. The molecule has 4 atom stereocenters. The van der Waals surface area contributed by atoms with Crippen LogP contribution in [0.25, 0.3) is 0 Å². The van der Waals surface area contributed by atoms with Crippen molar-refractivity contribution in [1.29, 1.82) is 0 Å². The van der Waals surface area contributed by atoms with Crippen molar-refractivity contribution in [3.63, 3.8) is 0 Å². The molecule has 0 unspecified atom stereocenters. The molecule has 34 heavy (non-hydrogen) atoms. The van der Waals surface area contributed by atoms with Crippen LogP contribution in [0.1, 0.15) is 35.1 Å². The quantitative estimate of drug-likeness (QED) is 0.419. The van der Waals surface area contributed by atoms with E-state index in [4.69, 9.17) is 0 Å². The summed E-state index contributed by atoms with van der Waals surface area (Å²) in [6.07, 6.45) is 1.55. The smallest absolute Gasteiger partial charge is 0.274 e. The Morgan fingerprint density at radius 2 is 1.79 bits per heavy atom. The molecule has 3 fully saturated rings. The maximum Gasteiger partial charge on any atom is 0.274 e. The third-order valence-corrected chi connectivity index (χ3v) is 8.35. The molecule has 0 aliphatic carbocycles. The predicted octanol–water partition coefficient (Wildman–Crippen LogP) is 2.95. The van der Waals surface area contributed by atoms with Crippen molar-refractivity contribution in [2.45, 2.75) is 45.2 Å². The third-order valence-electron chi connectivity index (χ3n) is 8.35. The van der Waals surface area contributed by atoms with Crippen LogP contribution in [-0.2, 0) is 19.9 Å². The van der Waals surface area contributed by atoms with Gasteiger partial charge in [-0.2, -0.15) is 0 Å². The van der Waals surface area contributed by atoms with E-state index in [1.807, 2.05) is 26.0 Å². The number of nitrogens with one attached hydrogen (secondary N) is 1. The Kier molecular flexibility index (Phi) is 4.15. The van der Waals surface area contributed by atoms with E-state index in [1.54, 1.807) is 19.1 Å². The molecule has 4 aliphatic rings. The number of nitrogens with zero attached hydrogens (tertiary/aromatic N) is 3. The van der Waals surface area contributed by atoms with Gasteiger partial charge in [0.15, 0.2) is 0 Å². The zero-order valence-corrected chi connectivity index (χ0v) is 19.1. The van der Waals surface area contributed by atoms with E-state index in [1.165, 1.54) is 6.07 Å². The lowest BCUT2D eigenvalue weighted by atomic mass is 9.75. The number of hydrogen-bond acceptors (Lipinski definition) is 6. The van der Waals surface area contributed by atoms with Gasteiger partial charge in [-0.05, 0) is 57.4 Å². The summed E-state index contributed by atoms with van der Waals surface area (Å²) in [7, 11) is 0. The number of benzene rings is 2. The van der Waals surface area contributed by atoms with Crippen molar-refractivity contribution in [3.8, 4) is 0 Å². The van der Waals surface area contributed by atoms with Crippen LogP contribution in [0.15, 0.2) is 30.3 Å². The lowest BCUT2D eigenvalue weighted by molar-refractivity contribution is -0.385. The highest BCUT2D eigenvalue weighted by molar-refractivity contribution is 6.26. The number of aryl methyl sites for hydroxylation is 2. The lowest BCUT2D eigenvalue weighted by Gasteiger charge is -2.36. The van der Waals surface area contributed by atoms with E-state index < -0.39 is 28.2 Å². The summed E-state index contributed by atoms with van der Waals surface area (Å²) < 4.78 is 0. The van der Waals surface area contributed by atoms with Gasteiger partial charge in [-0.3, -0.25) is 29.4 Å². The van der Waals surface area contributed by atoms with Crippen molar-refractivity contribution >= 4 is 34.8 Å². The molecule has 3 amide bonds. The molecule has 4 aliphatic heterocycles. The number of rotatable bonds is 2. The molecule has 4 heterocycles. The number of carbonyl (C=O) groups excluding carboxylic acids is 3. The summed E-state index contributed by atoms with van der Waals surface area (Å²) in [4.78, 5) is 55.6. The Labute approximate surface area is 195 Å². The van der Waals surface area contributed by atoms with E-state index in [9.17, 15) is 24.5 Å². The van der Waals surface area contributed by atoms with Crippen LogP contribution in [0.5, 0.6) is 0 Å². The summed E-state index contributed by atoms with van der Waals surface area (Å²) >= 11 is 0. The number of anilines is 2. The Bertz CT molecular complexity index is 1340. The van der Waals surface area contributed by atoms with Gasteiger partial charge in [0, 0.05) is 28.9 Å². The fourth-order valence-corrected chi connectivity index (χ4v) is 6.71. The van der Waals surface area contributed by atoms with Gasteiger partial charge in [0.2, 0.25) is 17.7 Å². The minimum atomic E-state index is -1.25. The van der Waals surface area contributed by atoms with E-state index >= 15 is 0 Å². The predicted molar refractivity (Wildman–Crippen MR) is 123 cm³/mol. The van der Waals surface area contributed by atoms with Crippen LogP contribution in [0, 0.1) is 42.7 Å². The van der Waals surface area contributed by atoms with Crippen molar-refractivity contribution in [3.05, 3.63) is 62.7 Å². The van der Waals surface area contributed by atoms with Crippen molar-refractivity contribution in [1.82, 2.24) is 4.90 Å². The molecular formula is C25H24N4O5. The van der Waals surface area contributed by atoms with Crippen LogP contribution in [0.3, 0.4) is 0 Å². The summed E-state index contributed by atoms with van der Waals surface area (Å²) in [6, 6.07) is 8.02. The molecule has 0 radical (unpaired) electrons. The fourth-order valence-electron chi connectivity index (χ4n) is 6.71. The van der Waals surface area contributed by atoms with Crippen molar-refractivity contribution in [2.24, 2.45) is 11.8 Å². The fraction of sp³-hybridized carbons (Fsp3) is 0.400. The topological polar surface area (TPSA) is 113 Å². The Balaban J connectivity index is 1.54. The summed E-state index contributed by atoms with van der Waals surface area (Å²) in [5.74, 6) is -2.67. The number of amides is 3. The Morgan fingerprint density at radius 3 is 2.53 bits per heavy atom. The number of imide groups is 1. The van der Waals surface area contributed by atoms with Crippen LogP contribution in [-0.4, -0.2) is 40.1 Å². The molecule has 0 bridgehead atoms. The summed E-state index contributed by atoms with van der Waals surface area (Å²) in [5, 5.41) is 14.5. The first kappa shape index (κ1) is 21.0. The average Bonchev–Trinajstić information content (AvgIpc) is 3.50. The molecule has 6 rings (SSSR count). The molecule has 2 aromatic rings. The zero-order valence-electron chi connectivity index (χ0n) is 19.1. The number of carbonyl (C=O) groups is 3. The van der Waals surface area contributed by atoms with Crippen molar-refractivity contribution in [2.75, 3.05) is 16.8 Å². The van der Waals surface area contributed by atoms with E-state index in [0.29, 0.717) is 12.1 Å². The molecular weight excluding hydrogens is 436 g/mol. The molecule has 3 saturated heterocycles. The molecule has 2 aromatic carbocycles. The second kappa shape index (κ2) is 6.73. The van der Waals surface area contributed by atoms with Crippen LogP contribution in [0.4, 0.5) is 17.1 Å². The standard InChI is InChI=1S/C25H24N4O5/c1-12-7-9-16-21(14(12)3)26-24(32)25(16)20-19(17-5-4-10-27(17)25)22(30)28(23(20)31)15-8-6-13(2)18(11-15)29(33)34/h6-9,11,17,19-20H,4-5,10H2,1-3H3,(H,26,32)/t17-,19+,20+,25+/m0/s1. The number of hydrogen-bond donors (Lipinski definition) is 1. The van der Waals surface area contributed by atoms with Crippen LogP contribution in [0.2, 0.25) is 0 Å². The van der Waals surface area contributed by atoms with E-state index in [2.05, 4.69) is 10.2 Å². The van der Waals surface area contributed by atoms with E-state index in [0.717, 1.165) is 40.1 Å². The molecule has 1 N–H and O–H groups in total. The zero-order chi connectivity index (χ0) is 24.1. The Hall–Kier alpha value is -3.59. The van der Waals surface area contributed by atoms with Gasteiger partial charge in [-0.25, -0.2) is 4.90 Å². The average molecular weight is 460 g/mol. The highest BCUT2D eigenvalue weighted by Gasteiger charge is 2.74. The number of fused-ring (bicyclic) bond motifs is 7. The highest BCUT2D eigenvalue weighted by atomic mass is 16.6. The first-order valence-corrected chi connectivity index (χ1v) is 11.5. The molecule has 174 valence electrons. The van der Waals surface area contributed by atoms with Gasteiger partial charge in [0.1, 0.15) is 5.54 Å². The largest absolute Gasteiger partial charge is 0.324 e. The van der Waals surface area contributed by atoms with Gasteiger partial charge >= 0.3 is 0 Å². The van der Waals surface area contributed by atoms with Gasteiger partial charge in [-0.1, -0.05) is 18.2 Å². The molecule has 9 heteroatoms. The van der Waals surface area contributed by atoms with Gasteiger partial charge in [-0.15, -0.1) is 0 Å². The summed E-state index contributed by atoms with van der Waals surface area (Å²) in [5.41, 5.74) is 2.68. The van der Waals surface area contributed by atoms with Crippen LogP contribution >= 0.6 is 0 Å². The summed E-state index contributed by atoms with van der Waals surface area (Å²) in [6.45, 7) is 6.16. The first-order chi connectivity index (χ1) is 16.2. The number of nitro groups is 1.